The lowest BCUT2D eigenvalue weighted by atomic mass is 9.88. The van der Waals surface area contributed by atoms with Crippen molar-refractivity contribution in [3.63, 3.8) is 0 Å². The highest BCUT2D eigenvalue weighted by Gasteiger charge is 2.21. The molecule has 0 radical (unpaired) electrons. The van der Waals surface area contributed by atoms with Crippen molar-refractivity contribution in [2.24, 2.45) is 5.92 Å². The minimum absolute atomic E-state index is 0.0467. The van der Waals surface area contributed by atoms with Crippen molar-refractivity contribution < 1.29 is 14.0 Å². The van der Waals surface area contributed by atoms with Crippen molar-refractivity contribution in [2.45, 2.75) is 45.4 Å². The fraction of sp³-hybridized carbons (Fsp3) is 0.348. The van der Waals surface area contributed by atoms with Gasteiger partial charge in [-0.25, -0.2) is 4.98 Å². The molecule has 1 aliphatic rings. The molecular weight excluding hydrogens is 366 g/mol. The second-order valence-electron chi connectivity index (χ2n) is 7.50. The lowest BCUT2D eigenvalue weighted by Gasteiger charge is -2.20. The van der Waals surface area contributed by atoms with Crippen LogP contribution in [-0.2, 0) is 11.2 Å². The van der Waals surface area contributed by atoms with E-state index in [-0.39, 0.29) is 17.7 Å². The number of aryl methyl sites for hydroxylation is 1. The SMILES string of the molecule is CCc1nc2cc(NC(=O)c3cccc(NC(=O)C4CCCCC4)c3)ccc2o1. The number of nitrogens with zero attached hydrogens (tertiary/aromatic N) is 1. The van der Waals surface area contributed by atoms with Crippen molar-refractivity contribution in [3.05, 3.63) is 53.9 Å². The number of rotatable bonds is 5. The van der Waals surface area contributed by atoms with Crippen molar-refractivity contribution in [2.75, 3.05) is 10.6 Å². The summed E-state index contributed by atoms with van der Waals surface area (Å²) in [6.45, 7) is 1.98. The Morgan fingerprint density at radius 1 is 1.03 bits per heavy atom. The average Bonchev–Trinajstić information content (AvgIpc) is 3.17. The van der Waals surface area contributed by atoms with Gasteiger partial charge in [0.15, 0.2) is 11.5 Å². The summed E-state index contributed by atoms with van der Waals surface area (Å²) in [7, 11) is 0. The topological polar surface area (TPSA) is 84.2 Å². The van der Waals surface area contributed by atoms with Gasteiger partial charge in [0.05, 0.1) is 0 Å². The van der Waals surface area contributed by atoms with E-state index in [0.717, 1.165) is 32.1 Å². The zero-order valence-corrected chi connectivity index (χ0v) is 16.5. The van der Waals surface area contributed by atoms with E-state index in [9.17, 15) is 9.59 Å². The quantitative estimate of drug-likeness (QED) is 0.629. The summed E-state index contributed by atoms with van der Waals surface area (Å²) < 4.78 is 5.60. The Labute approximate surface area is 169 Å². The zero-order chi connectivity index (χ0) is 20.2. The first-order valence-electron chi connectivity index (χ1n) is 10.2. The van der Waals surface area contributed by atoms with Crippen LogP contribution in [0.25, 0.3) is 11.1 Å². The van der Waals surface area contributed by atoms with Crippen molar-refractivity contribution in [1.29, 1.82) is 0 Å². The zero-order valence-electron chi connectivity index (χ0n) is 16.5. The number of hydrogen-bond donors (Lipinski definition) is 2. The van der Waals surface area contributed by atoms with E-state index in [0.29, 0.717) is 33.9 Å². The monoisotopic (exact) mass is 391 g/mol. The summed E-state index contributed by atoms with van der Waals surface area (Å²) in [5.41, 5.74) is 3.20. The standard InChI is InChI=1S/C23H25N3O3/c1-2-21-26-19-14-18(11-12-20(19)29-21)25-23(28)16-9-6-10-17(13-16)24-22(27)15-7-4-3-5-8-15/h6,9-15H,2-5,7-8H2,1H3,(H,24,27)(H,25,28). The summed E-state index contributed by atoms with van der Waals surface area (Å²) >= 11 is 0. The van der Waals surface area contributed by atoms with Crippen LogP contribution in [0.4, 0.5) is 11.4 Å². The third kappa shape index (κ3) is 4.47. The number of oxazole rings is 1. The van der Waals surface area contributed by atoms with E-state index in [2.05, 4.69) is 15.6 Å². The summed E-state index contributed by atoms with van der Waals surface area (Å²) in [5, 5.41) is 5.85. The molecule has 1 aliphatic carbocycles. The number of fused-ring (bicyclic) bond motifs is 1. The second-order valence-corrected chi connectivity index (χ2v) is 7.50. The van der Waals surface area contributed by atoms with Crippen LogP contribution in [0.2, 0.25) is 0 Å². The maximum atomic E-state index is 12.7. The molecule has 6 nitrogen and oxygen atoms in total. The number of amides is 2. The minimum atomic E-state index is -0.239. The molecule has 29 heavy (non-hydrogen) atoms. The molecule has 1 heterocycles. The van der Waals surface area contributed by atoms with E-state index < -0.39 is 0 Å². The molecule has 0 bridgehead atoms. The van der Waals surface area contributed by atoms with Crippen LogP contribution in [0.5, 0.6) is 0 Å². The Bertz CT molecular complexity index is 1030. The molecule has 4 rings (SSSR count). The molecule has 150 valence electrons. The third-order valence-electron chi connectivity index (χ3n) is 5.36. The van der Waals surface area contributed by atoms with E-state index in [1.165, 1.54) is 6.42 Å². The van der Waals surface area contributed by atoms with Gasteiger partial charge in [0.1, 0.15) is 5.52 Å². The first kappa shape index (κ1) is 19.2. The normalized spacial score (nSPS) is 14.7. The first-order chi connectivity index (χ1) is 14.1. The molecule has 0 saturated heterocycles. The Morgan fingerprint density at radius 2 is 1.83 bits per heavy atom. The maximum absolute atomic E-state index is 12.7. The maximum Gasteiger partial charge on any atom is 0.255 e. The van der Waals surface area contributed by atoms with E-state index in [1.807, 2.05) is 13.0 Å². The highest BCUT2D eigenvalue weighted by molar-refractivity contribution is 6.06. The molecule has 0 spiro atoms. The van der Waals surface area contributed by atoms with Gasteiger partial charge < -0.3 is 15.1 Å². The van der Waals surface area contributed by atoms with Crippen LogP contribution in [-0.4, -0.2) is 16.8 Å². The predicted molar refractivity (Wildman–Crippen MR) is 113 cm³/mol. The summed E-state index contributed by atoms with van der Waals surface area (Å²) in [6, 6.07) is 12.4. The van der Waals surface area contributed by atoms with Gasteiger partial charge in [-0.2, -0.15) is 0 Å². The Kier molecular flexibility index (Phi) is 5.60. The van der Waals surface area contributed by atoms with Gasteiger partial charge >= 0.3 is 0 Å². The first-order valence-corrected chi connectivity index (χ1v) is 10.2. The van der Waals surface area contributed by atoms with Crippen LogP contribution in [0.1, 0.15) is 55.3 Å². The van der Waals surface area contributed by atoms with Crippen LogP contribution in [0, 0.1) is 5.92 Å². The Hall–Kier alpha value is -3.15. The number of benzene rings is 2. The number of anilines is 2. The molecule has 2 aromatic carbocycles. The van der Waals surface area contributed by atoms with E-state index in [4.69, 9.17) is 4.42 Å². The Morgan fingerprint density at radius 3 is 2.62 bits per heavy atom. The largest absolute Gasteiger partial charge is 0.441 e. The minimum Gasteiger partial charge on any atom is -0.441 e. The van der Waals surface area contributed by atoms with Gasteiger partial charge in [-0.15, -0.1) is 0 Å². The van der Waals surface area contributed by atoms with Crippen molar-refractivity contribution in [3.8, 4) is 0 Å². The predicted octanol–water partition coefficient (Wildman–Crippen LogP) is 5.16. The molecule has 1 fully saturated rings. The molecule has 2 amide bonds. The smallest absolute Gasteiger partial charge is 0.255 e. The van der Waals surface area contributed by atoms with E-state index in [1.54, 1.807) is 36.4 Å². The average molecular weight is 391 g/mol. The molecule has 0 atom stereocenters. The van der Waals surface area contributed by atoms with Crippen LogP contribution in [0.3, 0.4) is 0 Å². The fourth-order valence-corrected chi connectivity index (χ4v) is 3.75. The molecule has 3 aromatic rings. The molecule has 2 N–H and O–H groups in total. The Balaban J connectivity index is 1.44. The third-order valence-corrected chi connectivity index (χ3v) is 5.36. The number of carbonyl (C=O) groups excluding carboxylic acids is 2. The summed E-state index contributed by atoms with van der Waals surface area (Å²) in [4.78, 5) is 29.5. The van der Waals surface area contributed by atoms with Gasteiger partial charge in [-0.1, -0.05) is 32.3 Å². The van der Waals surface area contributed by atoms with Crippen LogP contribution in [0.15, 0.2) is 46.9 Å². The lowest BCUT2D eigenvalue weighted by molar-refractivity contribution is -0.120. The number of aromatic nitrogens is 1. The van der Waals surface area contributed by atoms with E-state index >= 15 is 0 Å². The van der Waals surface area contributed by atoms with Gasteiger partial charge in [0.2, 0.25) is 5.91 Å². The second kappa shape index (κ2) is 8.47. The van der Waals surface area contributed by atoms with Gasteiger partial charge in [-0.3, -0.25) is 9.59 Å². The molecule has 0 aliphatic heterocycles. The molecular formula is C23H25N3O3. The summed E-state index contributed by atoms with van der Waals surface area (Å²) in [5.74, 6) is 0.552. The molecule has 1 saturated carbocycles. The lowest BCUT2D eigenvalue weighted by Crippen LogP contribution is -2.24. The number of hydrogen-bond acceptors (Lipinski definition) is 4. The molecule has 0 unspecified atom stereocenters. The van der Waals surface area contributed by atoms with Gasteiger partial charge in [-0.05, 0) is 49.2 Å². The number of nitrogens with one attached hydrogen (secondary N) is 2. The van der Waals surface area contributed by atoms with Crippen molar-refractivity contribution >= 4 is 34.3 Å². The fourth-order valence-electron chi connectivity index (χ4n) is 3.75. The van der Waals surface area contributed by atoms with Crippen molar-refractivity contribution in [1.82, 2.24) is 4.98 Å². The van der Waals surface area contributed by atoms with Crippen LogP contribution >= 0.6 is 0 Å². The van der Waals surface area contributed by atoms with Crippen LogP contribution < -0.4 is 10.6 Å². The molecule has 6 heteroatoms. The number of carbonyl (C=O) groups is 2. The summed E-state index contributed by atoms with van der Waals surface area (Å²) in [6.07, 6.45) is 6.02. The highest BCUT2D eigenvalue weighted by Crippen LogP contribution is 2.25. The molecule has 1 aromatic heterocycles. The highest BCUT2D eigenvalue weighted by atomic mass is 16.3. The van der Waals surface area contributed by atoms with Gasteiger partial charge in [0, 0.05) is 29.3 Å². The van der Waals surface area contributed by atoms with Gasteiger partial charge in [0.25, 0.3) is 5.91 Å².